The zero-order valence-corrected chi connectivity index (χ0v) is 25.1. The van der Waals surface area contributed by atoms with Crippen molar-refractivity contribution in [1.82, 2.24) is 9.80 Å². The van der Waals surface area contributed by atoms with Gasteiger partial charge in [0.05, 0.1) is 30.8 Å². The lowest BCUT2D eigenvalue weighted by Gasteiger charge is -2.31. The largest absolute Gasteiger partial charge is 0.495 e. The Morgan fingerprint density at radius 3 is 2.50 bits per heavy atom. The molecule has 0 bridgehead atoms. The highest BCUT2D eigenvalue weighted by atomic mass is 35.5. The summed E-state index contributed by atoms with van der Waals surface area (Å²) in [6, 6.07) is 11.7. The van der Waals surface area contributed by atoms with Gasteiger partial charge in [-0.25, -0.2) is 0 Å². The summed E-state index contributed by atoms with van der Waals surface area (Å²) in [4.78, 5) is 32.7. The van der Waals surface area contributed by atoms with E-state index in [1.54, 1.807) is 30.3 Å². The van der Waals surface area contributed by atoms with Crippen molar-refractivity contribution < 1.29 is 19.1 Å². The van der Waals surface area contributed by atoms with E-state index in [9.17, 15) is 9.59 Å². The lowest BCUT2D eigenvalue weighted by atomic mass is 9.99. The Kier molecular flexibility index (Phi) is 10.6. The van der Waals surface area contributed by atoms with Gasteiger partial charge in [-0.15, -0.1) is 0 Å². The molecule has 2 aliphatic heterocycles. The highest BCUT2D eigenvalue weighted by Gasteiger charge is 2.44. The third-order valence-electron chi connectivity index (χ3n) is 7.45. The first-order chi connectivity index (χ1) is 19.3. The number of halogens is 1. The minimum Gasteiger partial charge on any atom is -0.495 e. The number of hydrogen-bond donors (Lipinski definition) is 1. The van der Waals surface area contributed by atoms with Gasteiger partial charge in [0.25, 0.3) is 5.91 Å². The molecule has 2 heterocycles. The van der Waals surface area contributed by atoms with E-state index in [4.69, 9.17) is 33.3 Å². The number of anilines is 2. The summed E-state index contributed by atoms with van der Waals surface area (Å²) in [6.07, 6.45) is 4.16. The average molecular weight is 587 g/mol. The summed E-state index contributed by atoms with van der Waals surface area (Å²) in [6.45, 7) is 8.68. The van der Waals surface area contributed by atoms with Crippen LogP contribution in [0.3, 0.4) is 0 Å². The Bertz CT molecular complexity index is 1190. The van der Waals surface area contributed by atoms with Gasteiger partial charge in [0.1, 0.15) is 17.5 Å². The monoisotopic (exact) mass is 586 g/mol. The van der Waals surface area contributed by atoms with E-state index in [2.05, 4.69) is 17.1 Å². The number of likely N-dealkylation sites (tertiary alicyclic amines) is 1. The number of carbonyl (C=O) groups excluding carboxylic acids is 2. The van der Waals surface area contributed by atoms with Crippen molar-refractivity contribution in [2.45, 2.75) is 52.0 Å². The number of carbonyl (C=O) groups is 2. The predicted octanol–water partition coefficient (Wildman–Crippen LogP) is 5.59. The van der Waals surface area contributed by atoms with Crippen LogP contribution in [0.5, 0.6) is 11.5 Å². The number of amides is 2. The molecule has 216 valence electrons. The minimum atomic E-state index is -0.707. The molecule has 8 nitrogen and oxygen atoms in total. The maximum absolute atomic E-state index is 13.7. The van der Waals surface area contributed by atoms with Crippen LogP contribution in [0.15, 0.2) is 42.5 Å². The Labute approximate surface area is 247 Å². The number of nitrogens with zero attached hydrogens (tertiary/aromatic N) is 3. The fourth-order valence-corrected chi connectivity index (χ4v) is 5.78. The molecule has 0 saturated carbocycles. The molecule has 2 saturated heterocycles. The molecule has 2 aliphatic rings. The molecule has 0 spiro atoms. The van der Waals surface area contributed by atoms with Gasteiger partial charge in [-0.05, 0) is 106 Å². The van der Waals surface area contributed by atoms with Gasteiger partial charge >= 0.3 is 0 Å². The van der Waals surface area contributed by atoms with Crippen LogP contribution in [0, 0.1) is 5.92 Å². The van der Waals surface area contributed by atoms with Gasteiger partial charge in [-0.3, -0.25) is 14.5 Å². The van der Waals surface area contributed by atoms with Gasteiger partial charge < -0.3 is 24.6 Å². The van der Waals surface area contributed by atoms with Crippen LogP contribution in [0.25, 0.3) is 0 Å². The topological polar surface area (TPSA) is 74.3 Å². The molecule has 40 heavy (non-hydrogen) atoms. The van der Waals surface area contributed by atoms with Gasteiger partial charge in [0.15, 0.2) is 5.11 Å². The van der Waals surface area contributed by atoms with Crippen LogP contribution in [-0.4, -0.2) is 72.7 Å². The van der Waals surface area contributed by atoms with Crippen molar-refractivity contribution in [3.05, 3.63) is 47.5 Å². The first-order valence-corrected chi connectivity index (χ1v) is 14.8. The number of nitrogens with one attached hydrogen (secondary N) is 1. The fraction of sp³-hybridized carbons (Fsp3) is 0.500. The molecule has 10 heteroatoms. The van der Waals surface area contributed by atoms with Crippen molar-refractivity contribution >= 4 is 52.1 Å². The molecule has 2 aromatic rings. The average Bonchev–Trinajstić information content (AvgIpc) is 3.17. The predicted molar refractivity (Wildman–Crippen MR) is 164 cm³/mol. The summed E-state index contributed by atoms with van der Waals surface area (Å²) >= 11 is 12.2. The van der Waals surface area contributed by atoms with E-state index in [1.807, 2.05) is 24.0 Å². The van der Waals surface area contributed by atoms with Crippen molar-refractivity contribution in [2.24, 2.45) is 5.92 Å². The number of methoxy groups -OCH3 is 1. The second-order valence-electron chi connectivity index (χ2n) is 10.5. The molecule has 0 radical (unpaired) electrons. The third kappa shape index (κ3) is 7.44. The highest BCUT2D eigenvalue weighted by Crippen LogP contribution is 2.33. The van der Waals surface area contributed by atoms with E-state index in [1.165, 1.54) is 24.9 Å². The van der Waals surface area contributed by atoms with Crippen LogP contribution in [0.2, 0.25) is 5.02 Å². The third-order valence-corrected chi connectivity index (χ3v) is 8.16. The zero-order chi connectivity index (χ0) is 28.6. The van der Waals surface area contributed by atoms with Gasteiger partial charge in [-0.2, -0.15) is 0 Å². The molecule has 2 amide bonds. The summed E-state index contributed by atoms with van der Waals surface area (Å²) in [5.74, 6) is 1.54. The van der Waals surface area contributed by atoms with E-state index in [0.29, 0.717) is 40.4 Å². The van der Waals surface area contributed by atoms with Crippen molar-refractivity contribution in [3.63, 3.8) is 0 Å². The van der Waals surface area contributed by atoms with Crippen molar-refractivity contribution in [1.29, 1.82) is 0 Å². The SMILES string of the molecule is CCCOc1ccc(NC(=O)CC2C(=O)N(c3ccc(OC)c(Cl)c3)C(=S)N2CCCN2CCC(C)CC2)cc1. The molecule has 2 fully saturated rings. The Balaban J connectivity index is 1.46. The smallest absolute Gasteiger partial charge is 0.256 e. The number of rotatable bonds is 12. The molecule has 2 aromatic carbocycles. The van der Waals surface area contributed by atoms with Crippen LogP contribution in [0.4, 0.5) is 11.4 Å². The summed E-state index contributed by atoms with van der Waals surface area (Å²) in [5, 5.41) is 3.68. The molecular formula is C30H39ClN4O4S. The standard InChI is InChI=1S/C30H39ClN4O4S/c1-4-18-39-24-9-6-22(7-10-24)32-28(36)20-26-29(37)35(23-8-11-27(38-3)25(31)19-23)30(40)34(26)15-5-14-33-16-12-21(2)13-17-33/h6-11,19,21,26H,4-5,12-18,20H2,1-3H3,(H,32,36). The van der Waals surface area contributed by atoms with Gasteiger partial charge in [0, 0.05) is 12.2 Å². The first kappa shape index (κ1) is 30.1. The Morgan fingerprint density at radius 1 is 1.12 bits per heavy atom. The first-order valence-electron chi connectivity index (χ1n) is 14.0. The van der Waals surface area contributed by atoms with E-state index in [-0.39, 0.29) is 18.2 Å². The summed E-state index contributed by atoms with van der Waals surface area (Å²) in [7, 11) is 1.54. The molecule has 0 aliphatic carbocycles. The van der Waals surface area contributed by atoms with Crippen LogP contribution >= 0.6 is 23.8 Å². The highest BCUT2D eigenvalue weighted by molar-refractivity contribution is 7.80. The minimum absolute atomic E-state index is 0.0192. The molecule has 1 unspecified atom stereocenters. The molecule has 1 atom stereocenters. The number of benzene rings is 2. The van der Waals surface area contributed by atoms with Crippen molar-refractivity contribution in [2.75, 3.05) is 50.1 Å². The zero-order valence-electron chi connectivity index (χ0n) is 23.5. The maximum atomic E-state index is 13.7. The summed E-state index contributed by atoms with van der Waals surface area (Å²) in [5.41, 5.74) is 1.20. The molecule has 0 aromatic heterocycles. The van der Waals surface area contributed by atoms with E-state index in [0.717, 1.165) is 44.1 Å². The second-order valence-corrected chi connectivity index (χ2v) is 11.3. The Morgan fingerprint density at radius 2 is 1.85 bits per heavy atom. The lowest BCUT2D eigenvalue weighted by Crippen LogP contribution is -2.40. The van der Waals surface area contributed by atoms with E-state index < -0.39 is 6.04 Å². The van der Waals surface area contributed by atoms with Crippen molar-refractivity contribution in [3.8, 4) is 11.5 Å². The molecule has 4 rings (SSSR count). The Hall–Kier alpha value is -2.88. The number of ether oxygens (including phenoxy) is 2. The second kappa shape index (κ2) is 14.1. The number of piperidine rings is 1. The molecule has 1 N–H and O–H groups in total. The maximum Gasteiger partial charge on any atom is 0.256 e. The van der Waals surface area contributed by atoms with Gasteiger partial charge in [0.2, 0.25) is 5.91 Å². The van der Waals surface area contributed by atoms with E-state index >= 15 is 0 Å². The quantitative estimate of drug-likeness (QED) is 0.325. The summed E-state index contributed by atoms with van der Waals surface area (Å²) < 4.78 is 10.9. The van der Waals surface area contributed by atoms with Crippen LogP contribution < -0.4 is 19.7 Å². The van der Waals surface area contributed by atoms with Crippen LogP contribution in [0.1, 0.15) is 46.0 Å². The van der Waals surface area contributed by atoms with Crippen LogP contribution in [-0.2, 0) is 9.59 Å². The lowest BCUT2D eigenvalue weighted by molar-refractivity contribution is -0.124. The number of hydrogen-bond acceptors (Lipinski definition) is 6. The fourth-order valence-electron chi connectivity index (χ4n) is 5.11. The molecular weight excluding hydrogens is 548 g/mol. The van der Waals surface area contributed by atoms with Gasteiger partial charge in [-0.1, -0.05) is 25.4 Å². The normalized spacial score (nSPS) is 18.4. The number of thiocarbonyl (C=S) groups is 1.